The highest BCUT2D eigenvalue weighted by molar-refractivity contribution is 5.97. The van der Waals surface area contributed by atoms with E-state index in [9.17, 15) is 9.18 Å². The number of hydrogen-bond acceptors (Lipinski definition) is 3. The number of aryl methyl sites for hydroxylation is 1. The van der Waals surface area contributed by atoms with E-state index >= 15 is 0 Å². The Balaban J connectivity index is 1.83. The van der Waals surface area contributed by atoms with E-state index in [0.29, 0.717) is 12.1 Å². The third-order valence-corrected chi connectivity index (χ3v) is 6.27. The predicted octanol–water partition coefficient (Wildman–Crippen LogP) is 5.44. The Morgan fingerprint density at radius 2 is 2.09 bits per heavy atom. The number of nitrogens with zero attached hydrogens (tertiary/aromatic N) is 2. The van der Waals surface area contributed by atoms with Crippen molar-refractivity contribution < 1.29 is 9.18 Å². The van der Waals surface area contributed by atoms with Crippen LogP contribution in [0.5, 0.6) is 0 Å². The summed E-state index contributed by atoms with van der Waals surface area (Å²) in [5.74, 6) is -0.232. The number of piperidine rings is 1. The molecule has 0 spiro atoms. The van der Waals surface area contributed by atoms with Crippen LogP contribution in [0.25, 0.3) is 6.08 Å². The molecule has 1 aromatic carbocycles. The van der Waals surface area contributed by atoms with Gasteiger partial charge in [-0.15, -0.1) is 0 Å². The van der Waals surface area contributed by atoms with Crippen LogP contribution >= 0.6 is 0 Å². The lowest BCUT2D eigenvalue weighted by Crippen LogP contribution is -2.46. The fraction of sp³-hybridized carbons (Fsp3) is 0.370. The van der Waals surface area contributed by atoms with Gasteiger partial charge in [-0.05, 0) is 86.6 Å². The van der Waals surface area contributed by atoms with E-state index in [0.717, 1.165) is 59.5 Å². The summed E-state index contributed by atoms with van der Waals surface area (Å²) >= 11 is 0. The van der Waals surface area contributed by atoms with Crippen LogP contribution in [0.3, 0.4) is 0 Å². The van der Waals surface area contributed by atoms with Gasteiger partial charge in [0.15, 0.2) is 0 Å². The quantitative estimate of drug-likeness (QED) is 0.627. The molecule has 32 heavy (non-hydrogen) atoms. The Bertz CT molecular complexity index is 1030. The van der Waals surface area contributed by atoms with E-state index in [1.54, 1.807) is 12.1 Å². The summed E-state index contributed by atoms with van der Waals surface area (Å²) in [6.07, 6.45) is 10.4. The van der Waals surface area contributed by atoms with Crippen molar-refractivity contribution in [3.8, 4) is 0 Å². The molecule has 2 aliphatic rings. The first-order chi connectivity index (χ1) is 15.2. The summed E-state index contributed by atoms with van der Waals surface area (Å²) in [4.78, 5) is 16.8. The number of allylic oxidation sites excluding steroid dienone is 4. The molecule has 1 saturated heterocycles. The molecule has 3 rings (SSSR count). The first-order valence-electron chi connectivity index (χ1n) is 11.3. The molecule has 0 saturated carbocycles. The third-order valence-electron chi connectivity index (χ3n) is 6.27. The largest absolute Gasteiger partial charge is 0.337 e. The van der Waals surface area contributed by atoms with Crippen molar-refractivity contribution in [3.05, 3.63) is 88.2 Å². The van der Waals surface area contributed by atoms with Crippen molar-refractivity contribution >= 4 is 12.0 Å². The van der Waals surface area contributed by atoms with Gasteiger partial charge in [-0.25, -0.2) is 4.39 Å². The maximum atomic E-state index is 13.7. The number of carbonyl (C=O) groups is 1. The van der Waals surface area contributed by atoms with E-state index in [4.69, 9.17) is 5.73 Å². The number of amides is 1. The zero-order valence-electron chi connectivity index (χ0n) is 19.6. The predicted molar refractivity (Wildman–Crippen MR) is 130 cm³/mol. The maximum Gasteiger partial charge on any atom is 0.254 e. The van der Waals surface area contributed by atoms with Gasteiger partial charge in [0, 0.05) is 42.3 Å². The summed E-state index contributed by atoms with van der Waals surface area (Å²) in [5.41, 5.74) is 12.6. The molecule has 170 valence electrons. The molecule has 4 nitrogen and oxygen atoms in total. The summed E-state index contributed by atoms with van der Waals surface area (Å²) in [7, 11) is 0. The molecule has 0 aliphatic carbocycles. The second-order valence-corrected chi connectivity index (χ2v) is 8.68. The van der Waals surface area contributed by atoms with Crippen molar-refractivity contribution in [2.45, 2.75) is 53.0 Å². The Hall–Kier alpha value is -2.92. The number of likely N-dealkylation sites (tertiary alicyclic amines) is 1. The zero-order chi connectivity index (χ0) is 23.4. The van der Waals surface area contributed by atoms with Crippen LogP contribution in [0.15, 0.2) is 71.2 Å². The number of rotatable bonds is 5. The Morgan fingerprint density at radius 3 is 2.75 bits per heavy atom. The van der Waals surface area contributed by atoms with Gasteiger partial charge in [0.05, 0.1) is 0 Å². The molecule has 0 radical (unpaired) electrons. The van der Waals surface area contributed by atoms with Crippen LogP contribution < -0.4 is 5.73 Å². The van der Waals surface area contributed by atoms with Gasteiger partial charge in [-0.1, -0.05) is 25.6 Å². The molecular formula is C27H34FN3O. The van der Waals surface area contributed by atoms with Gasteiger partial charge in [-0.3, -0.25) is 4.79 Å². The average Bonchev–Trinajstić information content (AvgIpc) is 2.76. The molecule has 1 unspecified atom stereocenters. The molecule has 1 aromatic rings. The minimum Gasteiger partial charge on any atom is -0.337 e. The van der Waals surface area contributed by atoms with Gasteiger partial charge in [-0.2, -0.15) is 0 Å². The second kappa shape index (κ2) is 10.1. The first kappa shape index (κ1) is 23.7. The van der Waals surface area contributed by atoms with E-state index < -0.39 is 0 Å². The fourth-order valence-corrected chi connectivity index (χ4v) is 4.44. The lowest BCUT2D eigenvalue weighted by Gasteiger charge is -2.33. The Labute approximate surface area is 191 Å². The van der Waals surface area contributed by atoms with E-state index in [-0.39, 0.29) is 17.8 Å². The van der Waals surface area contributed by atoms with E-state index in [1.165, 1.54) is 6.07 Å². The molecule has 0 aromatic heterocycles. The normalized spacial score (nSPS) is 20.3. The smallest absolute Gasteiger partial charge is 0.254 e. The van der Waals surface area contributed by atoms with Gasteiger partial charge in [0.2, 0.25) is 0 Å². The lowest BCUT2D eigenvalue weighted by atomic mass is 9.97. The second-order valence-electron chi connectivity index (χ2n) is 8.68. The molecule has 2 N–H and O–H groups in total. The number of halogens is 1. The van der Waals surface area contributed by atoms with Crippen molar-refractivity contribution in [2.75, 3.05) is 13.1 Å². The molecule has 1 atom stereocenters. The van der Waals surface area contributed by atoms with Crippen LogP contribution in [0.1, 0.15) is 51.2 Å². The van der Waals surface area contributed by atoms with Crippen LogP contribution in [-0.4, -0.2) is 34.8 Å². The Morgan fingerprint density at radius 1 is 1.34 bits per heavy atom. The van der Waals surface area contributed by atoms with E-state index in [2.05, 4.69) is 20.4 Å². The van der Waals surface area contributed by atoms with Crippen molar-refractivity contribution in [3.63, 3.8) is 0 Å². The highest BCUT2D eigenvalue weighted by Crippen LogP contribution is 2.29. The van der Waals surface area contributed by atoms with Gasteiger partial charge >= 0.3 is 0 Å². The molecule has 1 fully saturated rings. The monoisotopic (exact) mass is 435 g/mol. The lowest BCUT2D eigenvalue weighted by molar-refractivity contribution is -0.127. The first-order valence-corrected chi connectivity index (χ1v) is 11.3. The number of benzene rings is 1. The molecule has 2 aliphatic heterocycles. The van der Waals surface area contributed by atoms with Gasteiger partial charge in [0.25, 0.3) is 5.91 Å². The summed E-state index contributed by atoms with van der Waals surface area (Å²) in [6.45, 7) is 13.7. The molecule has 1 amide bonds. The highest BCUT2D eigenvalue weighted by atomic mass is 19.1. The SMILES string of the molecule is C=C1C=C(C(=O)N2CCCC(N)C2)C=CN1/C(C)=C(CC)/C(C)=C/c1cc(F)ccc1C. The van der Waals surface area contributed by atoms with Crippen molar-refractivity contribution in [1.29, 1.82) is 0 Å². The topological polar surface area (TPSA) is 49.6 Å². The van der Waals surface area contributed by atoms with Crippen LogP contribution in [0, 0.1) is 12.7 Å². The molecule has 0 bridgehead atoms. The summed E-state index contributed by atoms with van der Waals surface area (Å²) in [5, 5.41) is 0. The fourth-order valence-electron chi connectivity index (χ4n) is 4.44. The summed E-state index contributed by atoms with van der Waals surface area (Å²) in [6, 6.07) is 4.89. The minimum atomic E-state index is -0.238. The van der Waals surface area contributed by atoms with Crippen LogP contribution in [0.2, 0.25) is 0 Å². The zero-order valence-corrected chi connectivity index (χ0v) is 19.6. The van der Waals surface area contributed by atoms with Crippen molar-refractivity contribution in [2.24, 2.45) is 5.73 Å². The van der Waals surface area contributed by atoms with Gasteiger partial charge in [0.1, 0.15) is 5.82 Å². The standard InChI is InChI=1S/C27H34FN3O/c1-6-26(19(3)14-23-16-24(28)10-9-18(23)2)21(5)31-13-11-22(15-20(31)4)27(32)30-12-7-8-25(29)17-30/h9-11,13-16,25H,4,6-8,12,17,29H2,1-3,5H3/b19-14+,26-21+. The number of carbonyl (C=O) groups excluding carboxylic acids is 1. The molecule has 2 heterocycles. The average molecular weight is 436 g/mol. The minimum absolute atomic E-state index is 0.00667. The van der Waals surface area contributed by atoms with Crippen molar-refractivity contribution in [1.82, 2.24) is 9.80 Å². The third kappa shape index (κ3) is 5.28. The number of hydrogen-bond donors (Lipinski definition) is 1. The van der Waals surface area contributed by atoms with E-state index in [1.807, 2.05) is 48.1 Å². The number of nitrogens with two attached hydrogens (primary N) is 1. The molecular weight excluding hydrogens is 401 g/mol. The Kier molecular flexibility index (Phi) is 7.52. The highest BCUT2D eigenvalue weighted by Gasteiger charge is 2.25. The maximum absolute atomic E-state index is 13.7. The van der Waals surface area contributed by atoms with Crippen LogP contribution in [-0.2, 0) is 4.79 Å². The van der Waals surface area contributed by atoms with Gasteiger partial charge < -0.3 is 15.5 Å². The summed E-state index contributed by atoms with van der Waals surface area (Å²) < 4.78 is 13.7. The molecule has 5 heteroatoms. The van der Waals surface area contributed by atoms with Crippen LogP contribution in [0.4, 0.5) is 4.39 Å².